The third kappa shape index (κ3) is 3.67. The van der Waals surface area contributed by atoms with E-state index in [2.05, 4.69) is 28.2 Å². The first-order chi connectivity index (χ1) is 9.41. The summed E-state index contributed by atoms with van der Waals surface area (Å²) in [5.74, 6) is 0. The summed E-state index contributed by atoms with van der Waals surface area (Å²) in [6, 6.07) is 4.65. The summed E-state index contributed by atoms with van der Waals surface area (Å²) in [7, 11) is 0. The van der Waals surface area contributed by atoms with Crippen LogP contribution in [0.1, 0.15) is 25.3 Å². The van der Waals surface area contributed by atoms with E-state index >= 15 is 0 Å². The molecular weight excluding hydrogens is 333 g/mol. The van der Waals surface area contributed by atoms with Crippen LogP contribution in [0, 0.1) is 0 Å². The van der Waals surface area contributed by atoms with Gasteiger partial charge in [-0.1, -0.05) is 22.9 Å². The Morgan fingerprint density at radius 3 is 2.80 bits per heavy atom. The summed E-state index contributed by atoms with van der Waals surface area (Å²) < 4.78 is 39.8. The minimum Gasteiger partial charge on any atom is -0.369 e. The van der Waals surface area contributed by atoms with Crippen molar-refractivity contribution in [2.75, 3.05) is 24.5 Å². The van der Waals surface area contributed by atoms with Gasteiger partial charge in [-0.05, 0) is 37.6 Å². The van der Waals surface area contributed by atoms with Gasteiger partial charge >= 0.3 is 6.18 Å². The number of alkyl halides is 3. The van der Waals surface area contributed by atoms with Crippen LogP contribution in [0.3, 0.4) is 0 Å². The molecule has 2 rings (SSSR count). The first kappa shape index (κ1) is 15.6. The van der Waals surface area contributed by atoms with E-state index in [-0.39, 0.29) is 11.7 Å². The van der Waals surface area contributed by atoms with Crippen LogP contribution in [0.15, 0.2) is 22.7 Å². The van der Waals surface area contributed by atoms with Crippen LogP contribution in [-0.4, -0.2) is 25.7 Å². The van der Waals surface area contributed by atoms with Gasteiger partial charge < -0.3 is 10.2 Å². The van der Waals surface area contributed by atoms with Gasteiger partial charge in [0, 0.05) is 29.3 Å². The molecule has 1 aromatic carbocycles. The van der Waals surface area contributed by atoms with E-state index < -0.39 is 11.7 Å². The summed E-state index contributed by atoms with van der Waals surface area (Å²) in [5.41, 5.74) is -0.287. The Morgan fingerprint density at radius 2 is 2.15 bits per heavy atom. The van der Waals surface area contributed by atoms with Crippen molar-refractivity contribution in [1.82, 2.24) is 5.32 Å². The van der Waals surface area contributed by atoms with Gasteiger partial charge in [0.25, 0.3) is 0 Å². The van der Waals surface area contributed by atoms with Crippen molar-refractivity contribution in [2.24, 2.45) is 0 Å². The zero-order valence-corrected chi connectivity index (χ0v) is 12.9. The molecule has 20 heavy (non-hydrogen) atoms. The predicted molar refractivity (Wildman–Crippen MR) is 78.1 cm³/mol. The summed E-state index contributed by atoms with van der Waals surface area (Å²) in [6.45, 7) is 4.28. The minimum absolute atomic E-state index is 0.277. The second-order valence-electron chi connectivity index (χ2n) is 5.04. The van der Waals surface area contributed by atoms with Crippen LogP contribution in [0.5, 0.6) is 0 Å². The van der Waals surface area contributed by atoms with Crippen molar-refractivity contribution in [3.63, 3.8) is 0 Å². The molecule has 112 valence electrons. The lowest BCUT2D eigenvalue weighted by Gasteiger charge is -2.23. The molecule has 1 heterocycles. The van der Waals surface area contributed by atoms with E-state index in [9.17, 15) is 13.2 Å². The van der Waals surface area contributed by atoms with Crippen LogP contribution >= 0.6 is 15.9 Å². The van der Waals surface area contributed by atoms with E-state index in [1.807, 2.05) is 4.90 Å². The number of anilines is 1. The lowest BCUT2D eigenvalue weighted by Crippen LogP contribution is -2.33. The van der Waals surface area contributed by atoms with Crippen molar-refractivity contribution in [2.45, 2.75) is 32.0 Å². The third-order valence-electron chi connectivity index (χ3n) is 3.48. The molecule has 1 aromatic rings. The smallest absolute Gasteiger partial charge is 0.369 e. The molecule has 1 unspecified atom stereocenters. The quantitative estimate of drug-likeness (QED) is 0.881. The summed E-state index contributed by atoms with van der Waals surface area (Å²) in [4.78, 5) is 1.82. The molecule has 0 amide bonds. The van der Waals surface area contributed by atoms with Crippen molar-refractivity contribution < 1.29 is 13.2 Å². The summed E-state index contributed by atoms with van der Waals surface area (Å²) in [6.07, 6.45) is -2.41. The SMILES string of the molecule is CCCNC1CCN(c2ccc(Br)cc2C(F)(F)F)C1. The highest BCUT2D eigenvalue weighted by Crippen LogP contribution is 2.39. The highest BCUT2D eigenvalue weighted by Gasteiger charge is 2.36. The lowest BCUT2D eigenvalue weighted by atomic mass is 10.1. The molecule has 0 radical (unpaired) electrons. The largest absolute Gasteiger partial charge is 0.418 e. The van der Waals surface area contributed by atoms with Crippen molar-refractivity contribution >= 4 is 21.6 Å². The van der Waals surface area contributed by atoms with Gasteiger partial charge in [-0.15, -0.1) is 0 Å². The van der Waals surface area contributed by atoms with Crippen LogP contribution in [0.4, 0.5) is 18.9 Å². The second-order valence-corrected chi connectivity index (χ2v) is 5.96. The number of benzene rings is 1. The molecule has 1 fully saturated rings. The fourth-order valence-corrected chi connectivity index (χ4v) is 2.87. The number of rotatable bonds is 4. The average molecular weight is 351 g/mol. The highest BCUT2D eigenvalue weighted by atomic mass is 79.9. The van der Waals surface area contributed by atoms with Crippen molar-refractivity contribution in [1.29, 1.82) is 0 Å². The number of nitrogens with zero attached hydrogens (tertiary/aromatic N) is 1. The molecule has 0 aromatic heterocycles. The van der Waals surface area contributed by atoms with Gasteiger partial charge in [0.1, 0.15) is 0 Å². The Balaban J connectivity index is 2.17. The number of halogens is 4. The van der Waals surface area contributed by atoms with Crippen molar-refractivity contribution in [3.05, 3.63) is 28.2 Å². The van der Waals surface area contributed by atoms with Crippen LogP contribution < -0.4 is 10.2 Å². The van der Waals surface area contributed by atoms with Crippen LogP contribution in [-0.2, 0) is 6.18 Å². The molecule has 0 saturated carbocycles. The molecular formula is C14H18BrF3N2. The molecule has 1 aliphatic heterocycles. The van der Waals surface area contributed by atoms with Gasteiger partial charge in [0.2, 0.25) is 0 Å². The first-order valence-corrected chi connectivity index (χ1v) is 7.56. The molecule has 2 nitrogen and oxygen atoms in total. The molecule has 0 bridgehead atoms. The summed E-state index contributed by atoms with van der Waals surface area (Å²) in [5, 5.41) is 3.37. The average Bonchev–Trinajstić information content (AvgIpc) is 2.84. The Hall–Kier alpha value is -0.750. The maximum atomic E-state index is 13.1. The number of hydrogen-bond acceptors (Lipinski definition) is 2. The van der Waals surface area contributed by atoms with Crippen molar-refractivity contribution in [3.8, 4) is 0 Å². The molecule has 6 heteroatoms. The highest BCUT2D eigenvalue weighted by molar-refractivity contribution is 9.10. The molecule has 1 saturated heterocycles. The number of hydrogen-bond donors (Lipinski definition) is 1. The molecule has 0 aliphatic carbocycles. The van der Waals surface area contributed by atoms with E-state index in [1.54, 1.807) is 12.1 Å². The zero-order valence-electron chi connectivity index (χ0n) is 11.3. The van der Waals surface area contributed by atoms with E-state index in [1.165, 1.54) is 0 Å². The Labute approximate surface area is 125 Å². The number of nitrogens with one attached hydrogen (secondary N) is 1. The Morgan fingerprint density at radius 1 is 1.40 bits per heavy atom. The van der Waals surface area contributed by atoms with Gasteiger partial charge in [-0.2, -0.15) is 13.2 Å². The fourth-order valence-electron chi connectivity index (χ4n) is 2.51. The maximum Gasteiger partial charge on any atom is 0.418 e. The summed E-state index contributed by atoms with van der Waals surface area (Å²) >= 11 is 3.11. The molecule has 1 aliphatic rings. The molecule has 1 N–H and O–H groups in total. The Kier molecular flexibility index (Phi) is 4.96. The minimum atomic E-state index is -4.33. The first-order valence-electron chi connectivity index (χ1n) is 6.77. The van der Waals surface area contributed by atoms with E-state index in [0.717, 1.165) is 25.5 Å². The van der Waals surface area contributed by atoms with Gasteiger partial charge in [0.15, 0.2) is 0 Å². The van der Waals surface area contributed by atoms with E-state index in [0.29, 0.717) is 17.6 Å². The predicted octanol–water partition coefficient (Wildman–Crippen LogP) is 4.05. The molecule has 0 spiro atoms. The van der Waals surface area contributed by atoms with E-state index in [4.69, 9.17) is 0 Å². The monoisotopic (exact) mass is 350 g/mol. The van der Waals surface area contributed by atoms with Gasteiger partial charge in [0.05, 0.1) is 5.56 Å². The maximum absolute atomic E-state index is 13.1. The fraction of sp³-hybridized carbons (Fsp3) is 0.571. The van der Waals surface area contributed by atoms with Crippen LogP contribution in [0.2, 0.25) is 0 Å². The molecule has 1 atom stereocenters. The lowest BCUT2D eigenvalue weighted by molar-refractivity contribution is -0.137. The van der Waals surface area contributed by atoms with Crippen LogP contribution in [0.25, 0.3) is 0 Å². The standard InChI is InChI=1S/C14H18BrF3N2/c1-2-6-19-11-5-7-20(9-11)13-4-3-10(15)8-12(13)14(16,17)18/h3-4,8,11,19H,2,5-7,9H2,1H3. The van der Waals surface area contributed by atoms with Gasteiger partial charge in [-0.3, -0.25) is 0 Å². The normalized spacial score (nSPS) is 19.6. The second kappa shape index (κ2) is 6.35. The third-order valence-corrected chi connectivity index (χ3v) is 3.97. The topological polar surface area (TPSA) is 15.3 Å². The zero-order chi connectivity index (χ0) is 14.8. The van der Waals surface area contributed by atoms with Gasteiger partial charge in [-0.25, -0.2) is 0 Å². The Bertz CT molecular complexity index is 462.